The molecule has 0 aromatic heterocycles. The molecule has 1 aromatic rings. The number of carbonyl (C=O) groups excluding carboxylic acids is 1. The molecule has 0 aliphatic carbocycles. The first-order chi connectivity index (χ1) is 9.51. The molecule has 20 heavy (non-hydrogen) atoms. The van der Waals surface area contributed by atoms with Crippen LogP contribution in [0.2, 0.25) is 0 Å². The van der Waals surface area contributed by atoms with Gasteiger partial charge in [-0.25, -0.2) is 18.0 Å². The molecule has 0 atom stereocenters. The van der Waals surface area contributed by atoms with Gasteiger partial charge < -0.3 is 15.3 Å². The fourth-order valence-electron chi connectivity index (χ4n) is 1.60. The first-order valence-corrected chi connectivity index (χ1v) is 6.31. The number of unbranched alkanes of at least 4 members (excludes halogenated alkanes) is 1. The lowest BCUT2D eigenvalue weighted by Crippen LogP contribution is -2.38. The molecule has 0 aliphatic rings. The van der Waals surface area contributed by atoms with Gasteiger partial charge in [-0.3, -0.25) is 0 Å². The smallest absolute Gasteiger partial charge is 0.322 e. The lowest BCUT2D eigenvalue weighted by Gasteiger charge is -2.22. The Hall–Kier alpha value is -1.76. The van der Waals surface area contributed by atoms with Crippen molar-refractivity contribution in [3.8, 4) is 0 Å². The van der Waals surface area contributed by atoms with Crippen LogP contribution < -0.4 is 5.32 Å². The largest absolute Gasteiger partial charge is 0.395 e. The molecule has 2 N–H and O–H groups in total. The molecular weight excluding hydrogens is 273 g/mol. The summed E-state index contributed by atoms with van der Waals surface area (Å²) < 4.78 is 39.2. The normalized spacial score (nSPS) is 10.4. The Bertz CT molecular complexity index is 469. The van der Waals surface area contributed by atoms with Crippen LogP contribution in [-0.4, -0.2) is 35.7 Å². The van der Waals surface area contributed by atoms with E-state index in [0.29, 0.717) is 13.0 Å². The minimum atomic E-state index is -1.63. The lowest BCUT2D eigenvalue weighted by molar-refractivity contribution is 0.187. The van der Waals surface area contributed by atoms with Gasteiger partial charge in [0.15, 0.2) is 17.5 Å². The van der Waals surface area contributed by atoms with Gasteiger partial charge in [-0.1, -0.05) is 13.3 Å². The van der Waals surface area contributed by atoms with Gasteiger partial charge in [0.1, 0.15) is 0 Å². The van der Waals surface area contributed by atoms with Crippen molar-refractivity contribution in [1.29, 1.82) is 0 Å². The second-order valence-corrected chi connectivity index (χ2v) is 4.22. The van der Waals surface area contributed by atoms with Crippen LogP contribution in [0.1, 0.15) is 19.8 Å². The predicted octanol–water partition coefficient (Wildman–Crippen LogP) is 2.73. The number of nitrogens with one attached hydrogen (secondary N) is 1. The second-order valence-electron chi connectivity index (χ2n) is 4.22. The molecule has 0 saturated heterocycles. The molecule has 0 unspecified atom stereocenters. The summed E-state index contributed by atoms with van der Waals surface area (Å²) in [6, 6.07) is 1.01. The molecule has 2 amide bonds. The maximum atomic E-state index is 13.4. The van der Waals surface area contributed by atoms with Crippen molar-refractivity contribution in [2.24, 2.45) is 0 Å². The third kappa shape index (κ3) is 4.12. The maximum Gasteiger partial charge on any atom is 0.322 e. The predicted molar refractivity (Wildman–Crippen MR) is 68.9 cm³/mol. The highest BCUT2D eigenvalue weighted by Crippen LogP contribution is 2.20. The number of benzene rings is 1. The molecule has 112 valence electrons. The van der Waals surface area contributed by atoms with Crippen LogP contribution in [0.25, 0.3) is 0 Å². The van der Waals surface area contributed by atoms with Gasteiger partial charge in [0.05, 0.1) is 12.3 Å². The Morgan fingerprint density at radius 1 is 1.25 bits per heavy atom. The fraction of sp³-hybridized carbons (Fsp3) is 0.462. The molecule has 0 heterocycles. The van der Waals surface area contributed by atoms with Gasteiger partial charge in [0.2, 0.25) is 0 Å². The van der Waals surface area contributed by atoms with Crippen LogP contribution in [0.5, 0.6) is 0 Å². The van der Waals surface area contributed by atoms with E-state index >= 15 is 0 Å². The molecule has 4 nitrogen and oxygen atoms in total. The van der Waals surface area contributed by atoms with Crippen LogP contribution in [0.15, 0.2) is 12.1 Å². The average Bonchev–Trinajstić information content (AvgIpc) is 2.44. The summed E-state index contributed by atoms with van der Waals surface area (Å²) in [5, 5.41) is 11.0. The standard InChI is InChI=1S/C13H17F3N2O2/c1-2-3-6-18(7-8-19)13(20)17-10-5-4-9(14)11(15)12(10)16/h4-5,19H,2-3,6-8H2,1H3,(H,17,20). The molecule has 7 heteroatoms. The maximum absolute atomic E-state index is 13.4. The molecule has 1 aromatic carbocycles. The number of amides is 2. The lowest BCUT2D eigenvalue weighted by atomic mass is 10.2. The van der Waals surface area contributed by atoms with Gasteiger partial charge in [-0.15, -0.1) is 0 Å². The van der Waals surface area contributed by atoms with Gasteiger partial charge in [-0.2, -0.15) is 0 Å². The van der Waals surface area contributed by atoms with Crippen LogP contribution in [0.4, 0.5) is 23.7 Å². The molecule has 1 rings (SSSR count). The number of halogens is 3. The van der Waals surface area contributed by atoms with Crippen LogP contribution in [0, 0.1) is 17.5 Å². The van der Waals surface area contributed by atoms with Crippen LogP contribution in [-0.2, 0) is 0 Å². The van der Waals surface area contributed by atoms with E-state index in [1.807, 2.05) is 6.92 Å². The van der Waals surface area contributed by atoms with Gasteiger partial charge in [0.25, 0.3) is 0 Å². The number of nitrogens with zero attached hydrogens (tertiary/aromatic N) is 1. The highest BCUT2D eigenvalue weighted by Gasteiger charge is 2.18. The van der Waals surface area contributed by atoms with E-state index in [9.17, 15) is 18.0 Å². The van der Waals surface area contributed by atoms with E-state index in [-0.39, 0.29) is 13.2 Å². The SMILES string of the molecule is CCCCN(CCO)C(=O)Nc1ccc(F)c(F)c1F. The monoisotopic (exact) mass is 290 g/mol. The van der Waals surface area contributed by atoms with E-state index in [0.717, 1.165) is 18.6 Å². The molecule has 0 radical (unpaired) electrons. The van der Waals surface area contributed by atoms with Crippen molar-refractivity contribution < 1.29 is 23.1 Å². The Balaban J connectivity index is 2.79. The number of carbonyl (C=O) groups is 1. The third-order valence-corrected chi connectivity index (χ3v) is 2.72. The molecule has 0 bridgehead atoms. The zero-order valence-corrected chi connectivity index (χ0v) is 11.1. The number of urea groups is 1. The van der Waals surface area contributed by atoms with Gasteiger partial charge in [0, 0.05) is 13.1 Å². The van der Waals surface area contributed by atoms with Gasteiger partial charge >= 0.3 is 6.03 Å². The zero-order chi connectivity index (χ0) is 15.1. The summed E-state index contributed by atoms with van der Waals surface area (Å²) >= 11 is 0. The molecular formula is C13H17F3N2O2. The Morgan fingerprint density at radius 3 is 2.55 bits per heavy atom. The minimum absolute atomic E-state index is 0.0805. The fourth-order valence-corrected chi connectivity index (χ4v) is 1.60. The van der Waals surface area contributed by atoms with Crippen molar-refractivity contribution in [2.45, 2.75) is 19.8 Å². The summed E-state index contributed by atoms with van der Waals surface area (Å²) in [5.41, 5.74) is -0.437. The Morgan fingerprint density at radius 2 is 1.95 bits per heavy atom. The van der Waals surface area contributed by atoms with E-state index in [1.165, 1.54) is 4.90 Å². The van der Waals surface area contributed by atoms with E-state index in [2.05, 4.69) is 5.32 Å². The summed E-state index contributed by atoms with van der Waals surface area (Å²) in [7, 11) is 0. The summed E-state index contributed by atoms with van der Waals surface area (Å²) in [6.07, 6.45) is 1.56. The topological polar surface area (TPSA) is 52.6 Å². The number of aliphatic hydroxyl groups is 1. The number of anilines is 1. The Kier molecular flexibility index (Phi) is 6.30. The second kappa shape index (κ2) is 7.74. The average molecular weight is 290 g/mol. The molecule has 0 saturated carbocycles. The zero-order valence-electron chi connectivity index (χ0n) is 11.1. The van der Waals surface area contributed by atoms with Crippen LogP contribution in [0.3, 0.4) is 0 Å². The number of hydrogen-bond acceptors (Lipinski definition) is 2. The van der Waals surface area contributed by atoms with E-state index in [1.54, 1.807) is 0 Å². The van der Waals surface area contributed by atoms with Crippen molar-refractivity contribution in [3.63, 3.8) is 0 Å². The first-order valence-electron chi connectivity index (χ1n) is 6.31. The van der Waals surface area contributed by atoms with Crippen molar-refractivity contribution in [1.82, 2.24) is 4.90 Å². The quantitative estimate of drug-likeness (QED) is 0.791. The molecule has 0 spiro atoms. The van der Waals surface area contributed by atoms with E-state index in [4.69, 9.17) is 5.11 Å². The number of aliphatic hydroxyl groups excluding tert-OH is 1. The third-order valence-electron chi connectivity index (χ3n) is 2.72. The summed E-state index contributed by atoms with van der Waals surface area (Å²) in [4.78, 5) is 13.2. The number of hydrogen-bond donors (Lipinski definition) is 2. The highest BCUT2D eigenvalue weighted by molar-refractivity contribution is 5.89. The van der Waals surface area contributed by atoms with E-state index < -0.39 is 29.2 Å². The van der Waals surface area contributed by atoms with Crippen molar-refractivity contribution >= 4 is 11.7 Å². The first kappa shape index (κ1) is 16.3. The highest BCUT2D eigenvalue weighted by atomic mass is 19.2. The summed E-state index contributed by atoms with van der Waals surface area (Å²) in [6.45, 7) is 2.16. The summed E-state index contributed by atoms with van der Waals surface area (Å²) in [5.74, 6) is -4.40. The minimum Gasteiger partial charge on any atom is -0.395 e. The van der Waals surface area contributed by atoms with Crippen molar-refractivity contribution in [3.05, 3.63) is 29.6 Å². The van der Waals surface area contributed by atoms with Gasteiger partial charge in [-0.05, 0) is 18.6 Å². The molecule has 0 aliphatic heterocycles. The van der Waals surface area contributed by atoms with Crippen LogP contribution >= 0.6 is 0 Å². The molecule has 0 fully saturated rings. The van der Waals surface area contributed by atoms with Crippen molar-refractivity contribution in [2.75, 3.05) is 25.0 Å². The number of rotatable bonds is 6. The Labute approximate surface area is 115 Å².